The molecule has 3 aromatic carbocycles. The average molecular weight is 527 g/mol. The standard InChI is InChI=1S/C32H34ClF3O/c1-21-2-4-22(5-3-21)23-6-8-24(9-7-23)25-10-14-27(15-11-25)32(35,36)37-29-18-19-30(31(34)20-29)26-12-16-28(33)17-13-26/h6-9,12-13,16-22,25,27H,2-5,10-11,14-15H2,1H3. The summed E-state index contributed by atoms with van der Waals surface area (Å²) < 4.78 is 49.9. The topological polar surface area (TPSA) is 9.23 Å². The number of hydrogen-bond donors (Lipinski definition) is 0. The van der Waals surface area contributed by atoms with Crippen molar-refractivity contribution in [3.05, 3.63) is 88.7 Å². The zero-order valence-corrected chi connectivity index (χ0v) is 22.0. The molecule has 2 saturated carbocycles. The fourth-order valence-corrected chi connectivity index (χ4v) is 6.19. The van der Waals surface area contributed by atoms with E-state index in [1.165, 1.54) is 48.9 Å². The minimum atomic E-state index is -3.35. The maximum atomic E-state index is 15.1. The van der Waals surface area contributed by atoms with Crippen molar-refractivity contribution in [2.75, 3.05) is 0 Å². The van der Waals surface area contributed by atoms with Crippen LogP contribution in [0.5, 0.6) is 5.75 Å². The molecule has 0 N–H and O–H groups in total. The third-order valence-corrected chi connectivity index (χ3v) is 8.70. The summed E-state index contributed by atoms with van der Waals surface area (Å²) in [5, 5.41) is 0.546. The van der Waals surface area contributed by atoms with Gasteiger partial charge in [0.15, 0.2) is 0 Å². The van der Waals surface area contributed by atoms with Crippen LogP contribution in [0.15, 0.2) is 66.7 Å². The van der Waals surface area contributed by atoms with Gasteiger partial charge in [-0.05, 0) is 97.2 Å². The molecule has 0 heterocycles. The van der Waals surface area contributed by atoms with Gasteiger partial charge in [-0.25, -0.2) is 4.39 Å². The van der Waals surface area contributed by atoms with E-state index < -0.39 is 17.8 Å². The molecule has 0 radical (unpaired) electrons. The monoisotopic (exact) mass is 526 g/mol. The Balaban J connectivity index is 1.17. The van der Waals surface area contributed by atoms with Gasteiger partial charge in [-0.15, -0.1) is 0 Å². The molecule has 0 aromatic heterocycles. The minimum Gasteiger partial charge on any atom is -0.432 e. The number of ether oxygens (including phenoxy) is 1. The van der Waals surface area contributed by atoms with Crippen molar-refractivity contribution in [3.8, 4) is 16.9 Å². The largest absolute Gasteiger partial charge is 0.432 e. The first-order valence-corrected chi connectivity index (χ1v) is 13.9. The lowest BCUT2D eigenvalue weighted by atomic mass is 9.76. The molecular weight excluding hydrogens is 493 g/mol. The summed E-state index contributed by atoms with van der Waals surface area (Å²) in [6.45, 7) is 2.33. The molecule has 5 rings (SSSR count). The van der Waals surface area contributed by atoms with E-state index in [-0.39, 0.29) is 5.75 Å². The lowest BCUT2D eigenvalue weighted by molar-refractivity contribution is -0.222. The molecule has 196 valence electrons. The molecule has 2 aliphatic rings. The number of alkyl halides is 2. The Morgan fingerprint density at radius 3 is 1.81 bits per heavy atom. The molecule has 2 fully saturated rings. The number of halogens is 4. The predicted molar refractivity (Wildman–Crippen MR) is 144 cm³/mol. The van der Waals surface area contributed by atoms with Crippen LogP contribution >= 0.6 is 11.6 Å². The Morgan fingerprint density at radius 1 is 0.730 bits per heavy atom. The summed E-state index contributed by atoms with van der Waals surface area (Å²) in [6.07, 6.45) is 3.93. The summed E-state index contributed by atoms with van der Waals surface area (Å²) in [4.78, 5) is 0. The summed E-state index contributed by atoms with van der Waals surface area (Å²) in [5.74, 6) is 0.137. The minimum absolute atomic E-state index is 0.157. The lowest BCUT2D eigenvalue weighted by Crippen LogP contribution is -2.37. The van der Waals surface area contributed by atoms with Gasteiger partial charge in [0, 0.05) is 16.7 Å². The third-order valence-electron chi connectivity index (χ3n) is 8.45. The van der Waals surface area contributed by atoms with E-state index in [4.69, 9.17) is 16.3 Å². The molecule has 0 atom stereocenters. The van der Waals surface area contributed by atoms with Gasteiger partial charge in [-0.2, -0.15) is 8.78 Å². The van der Waals surface area contributed by atoms with E-state index in [2.05, 4.69) is 31.2 Å². The maximum absolute atomic E-state index is 15.1. The first kappa shape index (κ1) is 26.2. The number of benzene rings is 3. The van der Waals surface area contributed by atoms with Crippen LogP contribution < -0.4 is 4.74 Å². The van der Waals surface area contributed by atoms with Crippen LogP contribution in [-0.2, 0) is 0 Å². The Bertz CT molecular complexity index is 1180. The number of rotatable bonds is 6. The first-order chi connectivity index (χ1) is 17.8. The molecule has 0 unspecified atom stereocenters. The summed E-state index contributed by atoms with van der Waals surface area (Å²) in [5.41, 5.74) is 3.60. The Hall–Kier alpha value is -2.46. The van der Waals surface area contributed by atoms with Gasteiger partial charge in [-0.3, -0.25) is 0 Å². The predicted octanol–water partition coefficient (Wildman–Crippen LogP) is 10.4. The quantitative estimate of drug-likeness (QED) is 0.310. The van der Waals surface area contributed by atoms with E-state index >= 15 is 8.78 Å². The van der Waals surface area contributed by atoms with Crippen LogP contribution in [0.3, 0.4) is 0 Å². The molecule has 0 amide bonds. The molecular formula is C32H34ClF3O. The maximum Gasteiger partial charge on any atom is 0.400 e. The van der Waals surface area contributed by atoms with E-state index in [9.17, 15) is 4.39 Å². The third kappa shape index (κ3) is 6.17. The van der Waals surface area contributed by atoms with Crippen LogP contribution in [0.25, 0.3) is 11.1 Å². The Morgan fingerprint density at radius 2 is 1.27 bits per heavy atom. The highest BCUT2D eigenvalue weighted by Gasteiger charge is 2.44. The summed E-state index contributed by atoms with van der Waals surface area (Å²) in [6, 6.07) is 19.5. The molecule has 37 heavy (non-hydrogen) atoms. The van der Waals surface area contributed by atoms with Crippen LogP contribution in [0.4, 0.5) is 13.2 Å². The average Bonchev–Trinajstić information content (AvgIpc) is 2.90. The molecule has 1 nitrogen and oxygen atoms in total. The molecule has 3 aromatic rings. The van der Waals surface area contributed by atoms with E-state index in [0.29, 0.717) is 53.7 Å². The second kappa shape index (κ2) is 11.1. The van der Waals surface area contributed by atoms with E-state index in [1.807, 2.05) is 0 Å². The van der Waals surface area contributed by atoms with Gasteiger partial charge in [0.25, 0.3) is 0 Å². The molecule has 2 aliphatic carbocycles. The summed E-state index contributed by atoms with van der Waals surface area (Å²) in [7, 11) is 0. The second-order valence-electron chi connectivity index (χ2n) is 11.0. The van der Waals surface area contributed by atoms with Gasteiger partial charge in [0.1, 0.15) is 11.6 Å². The molecule has 5 heteroatoms. The van der Waals surface area contributed by atoms with Crippen molar-refractivity contribution in [3.63, 3.8) is 0 Å². The fraction of sp³-hybridized carbons (Fsp3) is 0.438. The lowest BCUT2D eigenvalue weighted by Gasteiger charge is -2.33. The van der Waals surface area contributed by atoms with Gasteiger partial charge < -0.3 is 4.74 Å². The van der Waals surface area contributed by atoms with E-state index in [0.717, 1.165) is 12.0 Å². The highest BCUT2D eigenvalue weighted by atomic mass is 35.5. The smallest absolute Gasteiger partial charge is 0.400 e. The highest BCUT2D eigenvalue weighted by molar-refractivity contribution is 6.30. The van der Waals surface area contributed by atoms with Crippen molar-refractivity contribution in [1.29, 1.82) is 0 Å². The fourth-order valence-electron chi connectivity index (χ4n) is 6.06. The SMILES string of the molecule is CC1CCC(c2ccc(C3CCC(C(F)(F)Oc4ccc(-c5ccc(Cl)cc5)c(F)c4)CC3)cc2)CC1. The Kier molecular flexibility index (Phi) is 7.85. The van der Waals surface area contributed by atoms with Crippen LogP contribution in [0.2, 0.25) is 5.02 Å². The van der Waals surface area contributed by atoms with Crippen molar-refractivity contribution in [2.45, 2.75) is 76.2 Å². The van der Waals surface area contributed by atoms with Crippen molar-refractivity contribution < 1.29 is 17.9 Å². The van der Waals surface area contributed by atoms with Gasteiger partial charge in [-0.1, -0.05) is 67.8 Å². The van der Waals surface area contributed by atoms with Crippen LogP contribution in [-0.4, -0.2) is 6.11 Å². The normalized spacial score (nSPS) is 24.6. The Labute approximate surface area is 223 Å². The molecule has 0 bridgehead atoms. The number of hydrogen-bond acceptors (Lipinski definition) is 1. The molecule has 0 spiro atoms. The first-order valence-electron chi connectivity index (χ1n) is 13.5. The van der Waals surface area contributed by atoms with E-state index in [1.54, 1.807) is 24.3 Å². The van der Waals surface area contributed by atoms with Crippen LogP contribution in [0.1, 0.15) is 81.3 Å². The molecule has 0 saturated heterocycles. The van der Waals surface area contributed by atoms with Crippen molar-refractivity contribution >= 4 is 11.6 Å². The highest BCUT2D eigenvalue weighted by Crippen LogP contribution is 2.44. The van der Waals surface area contributed by atoms with Gasteiger partial charge in [0.05, 0.1) is 5.92 Å². The van der Waals surface area contributed by atoms with Gasteiger partial charge >= 0.3 is 6.11 Å². The summed E-state index contributed by atoms with van der Waals surface area (Å²) >= 11 is 5.90. The second-order valence-corrected chi connectivity index (χ2v) is 11.4. The van der Waals surface area contributed by atoms with Crippen LogP contribution in [0, 0.1) is 17.7 Å². The zero-order valence-electron chi connectivity index (χ0n) is 21.2. The van der Waals surface area contributed by atoms with Crippen molar-refractivity contribution in [2.24, 2.45) is 11.8 Å². The van der Waals surface area contributed by atoms with Crippen molar-refractivity contribution in [1.82, 2.24) is 0 Å². The molecule has 0 aliphatic heterocycles. The van der Waals surface area contributed by atoms with Gasteiger partial charge in [0.2, 0.25) is 0 Å². The zero-order chi connectivity index (χ0) is 26.0.